The number of hydrogen-bond donors (Lipinski definition) is 1. The molecular formula is C21H22ClFN6O2. The highest BCUT2D eigenvalue weighted by atomic mass is 35.5. The van der Waals surface area contributed by atoms with Crippen molar-refractivity contribution >= 4 is 29.0 Å². The van der Waals surface area contributed by atoms with Crippen LogP contribution in [0.2, 0.25) is 5.02 Å². The van der Waals surface area contributed by atoms with E-state index in [1.807, 2.05) is 31.6 Å². The van der Waals surface area contributed by atoms with Crippen LogP contribution in [0.1, 0.15) is 35.9 Å². The van der Waals surface area contributed by atoms with Gasteiger partial charge in [0.1, 0.15) is 5.82 Å². The first kappa shape index (κ1) is 21.0. The monoisotopic (exact) mass is 444 g/mol. The maximum absolute atomic E-state index is 14.1. The van der Waals surface area contributed by atoms with E-state index in [0.717, 1.165) is 23.5 Å². The Morgan fingerprint density at radius 3 is 2.87 bits per heavy atom. The van der Waals surface area contributed by atoms with Gasteiger partial charge in [0.05, 0.1) is 18.0 Å². The fourth-order valence-corrected chi connectivity index (χ4v) is 3.63. The molecule has 1 amide bonds. The molecule has 1 aromatic carbocycles. The number of halogens is 2. The van der Waals surface area contributed by atoms with Gasteiger partial charge in [0, 0.05) is 47.1 Å². The molecule has 0 bridgehead atoms. The summed E-state index contributed by atoms with van der Waals surface area (Å²) >= 11 is 6.11. The van der Waals surface area contributed by atoms with Crippen molar-refractivity contribution in [2.45, 2.75) is 46.4 Å². The minimum absolute atomic E-state index is 0.154. The second kappa shape index (κ2) is 8.50. The van der Waals surface area contributed by atoms with Crippen molar-refractivity contribution < 1.29 is 14.0 Å². The predicted octanol–water partition coefficient (Wildman–Crippen LogP) is 3.69. The normalized spacial score (nSPS) is 15.6. The highest BCUT2D eigenvalue weighted by Crippen LogP contribution is 2.23. The van der Waals surface area contributed by atoms with Crippen LogP contribution in [0.25, 0.3) is 0 Å². The van der Waals surface area contributed by atoms with Gasteiger partial charge in [-0.25, -0.2) is 4.39 Å². The molecule has 1 aliphatic rings. The second-order valence-corrected chi connectivity index (χ2v) is 7.75. The Bertz CT molecular complexity index is 1150. The minimum Gasteiger partial charge on any atom is -0.382 e. The molecule has 10 heteroatoms. The van der Waals surface area contributed by atoms with Gasteiger partial charge in [-0.2, -0.15) is 10.2 Å². The van der Waals surface area contributed by atoms with Crippen LogP contribution in [0.15, 0.2) is 35.6 Å². The Hall–Kier alpha value is -3.20. The lowest BCUT2D eigenvalue weighted by Crippen LogP contribution is -2.28. The molecule has 31 heavy (non-hydrogen) atoms. The van der Waals surface area contributed by atoms with Gasteiger partial charge in [-0.05, 0) is 32.9 Å². The van der Waals surface area contributed by atoms with Crippen LogP contribution in [0.5, 0.6) is 0 Å². The lowest BCUT2D eigenvalue weighted by Gasteiger charge is -2.08. The van der Waals surface area contributed by atoms with Gasteiger partial charge in [-0.3, -0.25) is 14.2 Å². The zero-order valence-electron chi connectivity index (χ0n) is 17.4. The molecular weight excluding hydrogens is 423 g/mol. The molecule has 1 aliphatic heterocycles. The van der Waals surface area contributed by atoms with Crippen molar-refractivity contribution in [2.75, 3.05) is 5.32 Å². The number of anilines is 1. The Morgan fingerprint density at radius 1 is 1.35 bits per heavy atom. The van der Waals surface area contributed by atoms with Crippen molar-refractivity contribution in [3.8, 4) is 0 Å². The molecule has 0 saturated heterocycles. The topological polar surface area (TPSA) is 86.3 Å². The molecule has 1 atom stereocenters. The third kappa shape index (κ3) is 4.32. The number of amides is 1. The van der Waals surface area contributed by atoms with Crippen molar-refractivity contribution in [3.63, 3.8) is 0 Å². The zero-order chi connectivity index (χ0) is 22.1. The van der Waals surface area contributed by atoms with E-state index in [0.29, 0.717) is 28.5 Å². The first-order valence-electron chi connectivity index (χ1n) is 9.91. The summed E-state index contributed by atoms with van der Waals surface area (Å²) in [6.45, 7) is 6.62. The van der Waals surface area contributed by atoms with E-state index in [1.54, 1.807) is 22.9 Å². The number of oxime groups is 1. The molecule has 0 fully saturated rings. The largest absolute Gasteiger partial charge is 0.382 e. The van der Waals surface area contributed by atoms with Gasteiger partial charge < -0.3 is 10.2 Å². The molecule has 162 valence electrons. The summed E-state index contributed by atoms with van der Waals surface area (Å²) in [4.78, 5) is 18.0. The summed E-state index contributed by atoms with van der Waals surface area (Å²) in [5, 5.41) is 15.9. The number of hydrogen-bond acceptors (Lipinski definition) is 5. The molecule has 3 heterocycles. The molecule has 0 saturated carbocycles. The van der Waals surface area contributed by atoms with E-state index in [2.05, 4.69) is 20.7 Å². The van der Waals surface area contributed by atoms with Crippen molar-refractivity contribution in [3.05, 3.63) is 63.8 Å². The average Bonchev–Trinajstić information content (AvgIpc) is 3.43. The highest BCUT2D eigenvalue weighted by molar-refractivity contribution is 6.31. The number of benzene rings is 1. The lowest BCUT2D eigenvalue weighted by atomic mass is 10.1. The van der Waals surface area contributed by atoms with Crippen LogP contribution in [0, 0.1) is 19.7 Å². The molecule has 0 radical (unpaired) electrons. The van der Waals surface area contributed by atoms with E-state index in [4.69, 9.17) is 16.4 Å². The van der Waals surface area contributed by atoms with Crippen LogP contribution >= 0.6 is 11.6 Å². The summed E-state index contributed by atoms with van der Waals surface area (Å²) in [5.74, 6) is -0.409. The maximum Gasteiger partial charge on any atom is 0.269 e. The number of carbonyl (C=O) groups excluding carboxylic acids is 1. The Kier molecular flexibility index (Phi) is 5.77. The van der Waals surface area contributed by atoms with Crippen LogP contribution in [0.4, 0.5) is 10.2 Å². The molecule has 1 N–H and O–H groups in total. The fourth-order valence-electron chi connectivity index (χ4n) is 3.41. The Labute approximate surface area is 183 Å². The van der Waals surface area contributed by atoms with Gasteiger partial charge in [-0.1, -0.05) is 22.8 Å². The standard InChI is InChI=1S/C21H22ClFN6O2/c1-4-28-10-14(13(3)25-28)18-9-19(31-27-18)21(30)24-20-8-12(2)29(26-20)11-15-16(22)6-5-7-17(15)23/h5-8,10,19H,4,9,11H2,1-3H3,(H,24,26,30). The van der Waals surface area contributed by atoms with Crippen molar-refractivity contribution in [1.29, 1.82) is 0 Å². The molecule has 0 spiro atoms. The van der Waals surface area contributed by atoms with Crippen LogP contribution < -0.4 is 5.32 Å². The van der Waals surface area contributed by atoms with Crippen LogP contribution in [-0.2, 0) is 22.7 Å². The highest BCUT2D eigenvalue weighted by Gasteiger charge is 2.31. The smallest absolute Gasteiger partial charge is 0.269 e. The van der Waals surface area contributed by atoms with Crippen LogP contribution in [-0.4, -0.2) is 37.3 Å². The first-order valence-corrected chi connectivity index (χ1v) is 10.3. The Balaban J connectivity index is 1.42. The SMILES string of the molecule is CCn1cc(C2=NOC(C(=O)Nc3cc(C)n(Cc4c(F)cccc4Cl)n3)C2)c(C)n1. The molecule has 1 unspecified atom stereocenters. The Morgan fingerprint density at radius 2 is 2.16 bits per heavy atom. The van der Waals surface area contributed by atoms with Gasteiger partial charge in [-0.15, -0.1) is 0 Å². The van der Waals surface area contributed by atoms with Crippen LogP contribution in [0.3, 0.4) is 0 Å². The number of aromatic nitrogens is 4. The van der Waals surface area contributed by atoms with Crippen molar-refractivity contribution in [1.82, 2.24) is 19.6 Å². The van der Waals surface area contributed by atoms with Gasteiger partial charge in [0.2, 0.25) is 6.10 Å². The summed E-state index contributed by atoms with van der Waals surface area (Å²) in [7, 11) is 0. The molecule has 2 aromatic heterocycles. The quantitative estimate of drug-likeness (QED) is 0.628. The van der Waals surface area contributed by atoms with Gasteiger partial charge >= 0.3 is 0 Å². The van der Waals surface area contributed by atoms with E-state index in [9.17, 15) is 9.18 Å². The summed E-state index contributed by atoms with van der Waals surface area (Å²) in [6.07, 6.45) is 1.48. The molecule has 0 aliphatic carbocycles. The lowest BCUT2D eigenvalue weighted by molar-refractivity contribution is -0.125. The van der Waals surface area contributed by atoms with E-state index in [-0.39, 0.29) is 12.5 Å². The summed E-state index contributed by atoms with van der Waals surface area (Å²) in [6, 6.07) is 6.24. The van der Waals surface area contributed by atoms with Gasteiger partial charge in [0.25, 0.3) is 5.91 Å². The summed E-state index contributed by atoms with van der Waals surface area (Å²) < 4.78 is 17.5. The number of aryl methyl sites for hydroxylation is 3. The van der Waals surface area contributed by atoms with E-state index in [1.165, 1.54) is 6.07 Å². The minimum atomic E-state index is -0.758. The second-order valence-electron chi connectivity index (χ2n) is 7.34. The van der Waals surface area contributed by atoms with Crippen molar-refractivity contribution in [2.24, 2.45) is 5.16 Å². The predicted molar refractivity (Wildman–Crippen MR) is 115 cm³/mol. The number of nitrogens with zero attached hydrogens (tertiary/aromatic N) is 5. The third-order valence-corrected chi connectivity index (χ3v) is 5.50. The first-order chi connectivity index (χ1) is 14.9. The van der Waals surface area contributed by atoms with E-state index < -0.39 is 11.9 Å². The van der Waals surface area contributed by atoms with Gasteiger partial charge in [0.15, 0.2) is 5.82 Å². The fraction of sp³-hybridized carbons (Fsp3) is 0.333. The van der Waals surface area contributed by atoms with E-state index >= 15 is 0 Å². The number of rotatable bonds is 6. The maximum atomic E-state index is 14.1. The molecule has 8 nitrogen and oxygen atoms in total. The summed E-state index contributed by atoms with van der Waals surface area (Å²) in [5.41, 5.74) is 3.49. The zero-order valence-corrected chi connectivity index (χ0v) is 18.1. The molecule has 4 rings (SSSR count). The third-order valence-electron chi connectivity index (χ3n) is 5.14. The molecule has 3 aromatic rings. The number of nitrogens with one attached hydrogen (secondary N) is 1. The average molecular weight is 445 g/mol. The number of carbonyl (C=O) groups is 1.